The number of nitrogens with zero attached hydrogens (tertiary/aromatic N) is 1. The van der Waals surface area contributed by atoms with Crippen molar-refractivity contribution < 1.29 is 8.42 Å². The Bertz CT molecular complexity index is 686. The number of aromatic nitrogens is 1. The molecular weight excluding hydrogens is 270 g/mol. The number of sulfone groups is 1. The Morgan fingerprint density at radius 2 is 2.00 bits per heavy atom. The van der Waals surface area contributed by atoms with Crippen LogP contribution in [0.5, 0.6) is 0 Å². The van der Waals surface area contributed by atoms with Gasteiger partial charge in [-0.15, -0.1) is 0 Å². The lowest BCUT2D eigenvalue weighted by Crippen LogP contribution is -2.10. The highest BCUT2D eigenvalue weighted by Gasteiger charge is 2.16. The van der Waals surface area contributed by atoms with Crippen molar-refractivity contribution in [2.75, 3.05) is 6.26 Å². The molecule has 5 heteroatoms. The molecule has 98 valence electrons. The van der Waals surface area contributed by atoms with E-state index in [0.29, 0.717) is 5.02 Å². The molecule has 0 radical (unpaired) electrons. The van der Waals surface area contributed by atoms with Crippen molar-refractivity contribution in [2.24, 2.45) is 0 Å². The highest BCUT2D eigenvalue weighted by atomic mass is 35.5. The van der Waals surface area contributed by atoms with E-state index in [1.165, 1.54) is 6.26 Å². The maximum Gasteiger partial charge on any atom is 0.153 e. The van der Waals surface area contributed by atoms with Crippen molar-refractivity contribution in [1.82, 2.24) is 4.57 Å². The van der Waals surface area contributed by atoms with Crippen LogP contribution in [0.4, 0.5) is 0 Å². The predicted molar refractivity (Wildman–Crippen MR) is 75.9 cm³/mol. The third-order valence-corrected chi connectivity index (χ3v) is 3.94. The van der Waals surface area contributed by atoms with Crippen molar-refractivity contribution in [2.45, 2.75) is 25.6 Å². The van der Waals surface area contributed by atoms with Crippen molar-refractivity contribution in [3.8, 4) is 0 Å². The zero-order chi connectivity index (χ0) is 13.5. The summed E-state index contributed by atoms with van der Waals surface area (Å²) in [6.07, 6.45) is 1.25. The number of rotatable bonds is 3. The summed E-state index contributed by atoms with van der Waals surface area (Å²) in [5.41, 5.74) is 1.70. The van der Waals surface area contributed by atoms with Gasteiger partial charge in [0.05, 0.1) is 16.3 Å². The standard InChI is InChI=1S/C13H16ClNO2S/c1-9(2)15-11(8-18(3,16)17)7-10-5-4-6-12(14)13(10)15/h4-7,9H,8H2,1-3H3. The van der Waals surface area contributed by atoms with Gasteiger partial charge in [0.15, 0.2) is 9.84 Å². The Labute approximate surface area is 112 Å². The first-order valence-corrected chi connectivity index (χ1v) is 8.19. The van der Waals surface area contributed by atoms with Crippen LogP contribution in [0.25, 0.3) is 10.9 Å². The Morgan fingerprint density at radius 3 is 2.56 bits per heavy atom. The summed E-state index contributed by atoms with van der Waals surface area (Å²) in [6, 6.07) is 7.72. The molecule has 0 bridgehead atoms. The SMILES string of the molecule is CC(C)n1c(CS(C)(=O)=O)cc2cccc(Cl)c21. The number of para-hydroxylation sites is 1. The van der Waals surface area contributed by atoms with E-state index in [1.807, 2.05) is 42.7 Å². The molecule has 0 amide bonds. The summed E-state index contributed by atoms with van der Waals surface area (Å²) in [5, 5.41) is 1.64. The predicted octanol–water partition coefficient (Wildman–Crippen LogP) is 3.42. The molecule has 18 heavy (non-hydrogen) atoms. The minimum Gasteiger partial charge on any atom is -0.340 e. The quantitative estimate of drug-likeness (QED) is 0.867. The van der Waals surface area contributed by atoms with E-state index >= 15 is 0 Å². The molecule has 0 aliphatic heterocycles. The van der Waals surface area contributed by atoms with Crippen LogP contribution in [-0.4, -0.2) is 19.2 Å². The van der Waals surface area contributed by atoms with Crippen molar-refractivity contribution in [3.05, 3.63) is 35.0 Å². The second-order valence-electron chi connectivity index (χ2n) is 4.85. The zero-order valence-electron chi connectivity index (χ0n) is 10.6. The first kappa shape index (κ1) is 13.4. The first-order valence-electron chi connectivity index (χ1n) is 5.75. The molecule has 1 aromatic carbocycles. The molecule has 1 heterocycles. The largest absolute Gasteiger partial charge is 0.340 e. The van der Waals surface area contributed by atoms with E-state index in [0.717, 1.165) is 16.6 Å². The summed E-state index contributed by atoms with van der Waals surface area (Å²) in [5.74, 6) is 0.0379. The van der Waals surface area contributed by atoms with Gasteiger partial charge >= 0.3 is 0 Å². The highest BCUT2D eigenvalue weighted by Crippen LogP contribution is 2.30. The third kappa shape index (κ3) is 2.54. The van der Waals surface area contributed by atoms with E-state index in [4.69, 9.17) is 11.6 Å². The number of hydrogen-bond donors (Lipinski definition) is 0. The number of hydrogen-bond acceptors (Lipinski definition) is 2. The number of fused-ring (bicyclic) bond motifs is 1. The van der Waals surface area contributed by atoms with Gasteiger partial charge in [-0.25, -0.2) is 8.42 Å². The van der Waals surface area contributed by atoms with Gasteiger partial charge in [-0.1, -0.05) is 23.7 Å². The van der Waals surface area contributed by atoms with Crippen LogP contribution in [0.15, 0.2) is 24.3 Å². The lowest BCUT2D eigenvalue weighted by atomic mass is 10.2. The van der Waals surface area contributed by atoms with Crippen molar-refractivity contribution in [1.29, 1.82) is 0 Å². The molecule has 0 N–H and O–H groups in total. The Morgan fingerprint density at radius 1 is 1.33 bits per heavy atom. The highest BCUT2D eigenvalue weighted by molar-refractivity contribution is 7.89. The summed E-state index contributed by atoms with van der Waals surface area (Å²) in [4.78, 5) is 0. The van der Waals surface area contributed by atoms with Gasteiger partial charge in [0.1, 0.15) is 0 Å². The lowest BCUT2D eigenvalue weighted by Gasteiger charge is -2.14. The molecule has 0 unspecified atom stereocenters. The Balaban J connectivity index is 2.74. The van der Waals surface area contributed by atoms with E-state index in [-0.39, 0.29) is 11.8 Å². The monoisotopic (exact) mass is 285 g/mol. The van der Waals surface area contributed by atoms with Crippen LogP contribution in [0, 0.1) is 0 Å². The normalized spacial score (nSPS) is 12.5. The molecule has 0 aliphatic carbocycles. The molecule has 0 atom stereocenters. The average molecular weight is 286 g/mol. The molecule has 3 nitrogen and oxygen atoms in total. The molecule has 0 fully saturated rings. The van der Waals surface area contributed by atoms with E-state index in [1.54, 1.807) is 0 Å². The number of benzene rings is 1. The Hall–Kier alpha value is -1.00. The van der Waals surface area contributed by atoms with Gasteiger partial charge in [-0.05, 0) is 26.0 Å². The summed E-state index contributed by atoms with van der Waals surface area (Å²) in [6.45, 7) is 4.04. The minimum atomic E-state index is -3.06. The van der Waals surface area contributed by atoms with Crippen LogP contribution < -0.4 is 0 Å². The van der Waals surface area contributed by atoms with Crippen molar-refractivity contribution in [3.63, 3.8) is 0 Å². The smallest absolute Gasteiger partial charge is 0.153 e. The van der Waals surface area contributed by atoms with Crippen LogP contribution in [0.1, 0.15) is 25.6 Å². The Kier molecular flexibility index (Phi) is 3.43. The molecule has 1 aromatic heterocycles. The van der Waals surface area contributed by atoms with Crippen LogP contribution >= 0.6 is 11.6 Å². The third-order valence-electron chi connectivity index (χ3n) is 2.82. The van der Waals surface area contributed by atoms with Gasteiger partial charge < -0.3 is 4.57 Å². The van der Waals surface area contributed by atoms with Gasteiger partial charge in [0.2, 0.25) is 0 Å². The average Bonchev–Trinajstić information content (AvgIpc) is 2.54. The molecule has 0 aliphatic rings. The fourth-order valence-corrected chi connectivity index (χ4v) is 3.30. The fraction of sp³-hybridized carbons (Fsp3) is 0.385. The van der Waals surface area contributed by atoms with Gasteiger partial charge in [-0.3, -0.25) is 0 Å². The van der Waals surface area contributed by atoms with Gasteiger partial charge in [0.25, 0.3) is 0 Å². The van der Waals surface area contributed by atoms with Crippen LogP contribution in [0.3, 0.4) is 0 Å². The second kappa shape index (κ2) is 4.59. The maximum atomic E-state index is 11.5. The number of halogens is 1. The van der Waals surface area contributed by atoms with E-state index < -0.39 is 9.84 Å². The molecule has 0 spiro atoms. The van der Waals surface area contributed by atoms with Crippen LogP contribution in [-0.2, 0) is 15.6 Å². The molecule has 0 saturated heterocycles. The van der Waals surface area contributed by atoms with Gasteiger partial charge in [0, 0.05) is 23.4 Å². The second-order valence-corrected chi connectivity index (χ2v) is 7.39. The summed E-state index contributed by atoms with van der Waals surface area (Å²) < 4.78 is 25.0. The molecule has 2 rings (SSSR count). The topological polar surface area (TPSA) is 39.1 Å². The van der Waals surface area contributed by atoms with E-state index in [2.05, 4.69) is 0 Å². The molecular formula is C13H16ClNO2S. The summed E-state index contributed by atoms with van der Waals surface area (Å²) >= 11 is 6.22. The summed E-state index contributed by atoms with van der Waals surface area (Å²) in [7, 11) is -3.06. The van der Waals surface area contributed by atoms with Gasteiger partial charge in [-0.2, -0.15) is 0 Å². The van der Waals surface area contributed by atoms with Crippen LogP contribution in [0.2, 0.25) is 5.02 Å². The minimum absolute atomic E-state index is 0.0379. The lowest BCUT2D eigenvalue weighted by molar-refractivity contribution is 0.585. The van der Waals surface area contributed by atoms with Crippen molar-refractivity contribution >= 4 is 32.3 Å². The molecule has 2 aromatic rings. The fourth-order valence-electron chi connectivity index (χ4n) is 2.26. The first-order chi connectivity index (χ1) is 8.29. The van der Waals surface area contributed by atoms with E-state index in [9.17, 15) is 8.42 Å². The zero-order valence-corrected chi connectivity index (χ0v) is 12.2. The molecule has 0 saturated carbocycles. The maximum absolute atomic E-state index is 11.5.